The van der Waals surface area contributed by atoms with Crippen LogP contribution in [0.15, 0.2) is 30.3 Å². The number of imide groups is 1. The smallest absolute Gasteiger partial charge is 0.309 e. The molecule has 1 heterocycles. The van der Waals surface area contributed by atoms with Gasteiger partial charge in [0.05, 0.1) is 0 Å². The standard InChI is InChI=1S/C14H20N2O2Si/c1-14(11-9-7-6-8-10-11)12(17)16(19(3,4)5)13(18)15(14)2/h6-10H,1-5H3. The van der Waals surface area contributed by atoms with Gasteiger partial charge in [0.1, 0.15) is 5.54 Å². The van der Waals surface area contributed by atoms with E-state index in [1.165, 1.54) is 4.57 Å². The first-order valence-electron chi connectivity index (χ1n) is 6.38. The van der Waals surface area contributed by atoms with Crippen LogP contribution in [0.5, 0.6) is 0 Å². The largest absolute Gasteiger partial charge is 0.319 e. The highest BCUT2D eigenvalue weighted by Gasteiger charge is 2.56. The third-order valence-electron chi connectivity index (χ3n) is 3.78. The van der Waals surface area contributed by atoms with Crippen LogP contribution in [0.2, 0.25) is 19.6 Å². The molecule has 0 aromatic heterocycles. The monoisotopic (exact) mass is 276 g/mol. The molecule has 2 rings (SSSR count). The van der Waals surface area contributed by atoms with Crippen molar-refractivity contribution in [2.45, 2.75) is 32.1 Å². The molecule has 0 aliphatic carbocycles. The van der Waals surface area contributed by atoms with Crippen LogP contribution in [0, 0.1) is 0 Å². The molecule has 1 saturated heterocycles. The Morgan fingerprint density at radius 3 is 2.00 bits per heavy atom. The highest BCUT2D eigenvalue weighted by Crippen LogP contribution is 2.38. The normalized spacial score (nSPS) is 24.3. The highest BCUT2D eigenvalue weighted by molar-refractivity contribution is 6.78. The van der Waals surface area contributed by atoms with E-state index in [4.69, 9.17) is 0 Å². The van der Waals surface area contributed by atoms with Crippen LogP contribution >= 0.6 is 0 Å². The minimum Gasteiger partial charge on any atom is -0.309 e. The van der Waals surface area contributed by atoms with Gasteiger partial charge in [-0.25, -0.2) is 4.79 Å². The molecular formula is C14H20N2O2Si. The molecule has 19 heavy (non-hydrogen) atoms. The van der Waals surface area contributed by atoms with E-state index in [0.717, 1.165) is 5.56 Å². The number of hydrogen-bond acceptors (Lipinski definition) is 2. The van der Waals surface area contributed by atoms with Gasteiger partial charge in [0, 0.05) is 7.05 Å². The van der Waals surface area contributed by atoms with E-state index in [0.29, 0.717) is 0 Å². The van der Waals surface area contributed by atoms with Gasteiger partial charge in [-0.05, 0) is 12.5 Å². The number of rotatable bonds is 2. The van der Waals surface area contributed by atoms with Crippen LogP contribution in [0.3, 0.4) is 0 Å². The average molecular weight is 276 g/mol. The van der Waals surface area contributed by atoms with Crippen LogP contribution in [0.1, 0.15) is 12.5 Å². The molecule has 1 atom stereocenters. The number of carbonyl (C=O) groups excluding carboxylic acids is 2. The fourth-order valence-corrected chi connectivity index (χ4v) is 4.01. The minimum absolute atomic E-state index is 0.106. The Bertz CT molecular complexity index is 524. The molecule has 1 aromatic rings. The number of urea groups is 1. The van der Waals surface area contributed by atoms with Gasteiger partial charge in [-0.1, -0.05) is 50.0 Å². The number of hydrogen-bond donors (Lipinski definition) is 0. The minimum atomic E-state index is -2.02. The Hall–Kier alpha value is -1.62. The molecule has 0 N–H and O–H groups in total. The van der Waals surface area contributed by atoms with E-state index in [9.17, 15) is 9.59 Å². The van der Waals surface area contributed by atoms with Crippen LogP contribution in [0.4, 0.5) is 4.79 Å². The fourth-order valence-electron chi connectivity index (χ4n) is 2.46. The van der Waals surface area contributed by atoms with Crippen molar-refractivity contribution in [1.29, 1.82) is 0 Å². The zero-order chi connectivity index (χ0) is 14.4. The van der Waals surface area contributed by atoms with Gasteiger partial charge in [0.2, 0.25) is 0 Å². The Balaban J connectivity index is 2.55. The van der Waals surface area contributed by atoms with E-state index < -0.39 is 13.8 Å². The lowest BCUT2D eigenvalue weighted by atomic mass is 9.91. The first kappa shape index (κ1) is 13.8. The van der Waals surface area contributed by atoms with Gasteiger partial charge in [-0.2, -0.15) is 0 Å². The number of benzene rings is 1. The van der Waals surface area contributed by atoms with Gasteiger partial charge in [-0.15, -0.1) is 0 Å². The Morgan fingerprint density at radius 1 is 1.05 bits per heavy atom. The quantitative estimate of drug-likeness (QED) is 0.615. The summed E-state index contributed by atoms with van der Waals surface area (Å²) < 4.78 is 1.49. The summed E-state index contributed by atoms with van der Waals surface area (Å²) in [7, 11) is -0.319. The summed E-state index contributed by atoms with van der Waals surface area (Å²) in [6, 6.07) is 9.30. The van der Waals surface area contributed by atoms with Crippen LogP contribution in [-0.2, 0) is 10.3 Å². The molecule has 1 aromatic carbocycles. The number of likely N-dealkylation sites (N-methyl/N-ethyl adjacent to an activating group) is 1. The molecule has 0 bridgehead atoms. The number of amides is 3. The van der Waals surface area contributed by atoms with Gasteiger partial charge in [0.15, 0.2) is 8.24 Å². The van der Waals surface area contributed by atoms with Crippen molar-refractivity contribution >= 4 is 20.2 Å². The van der Waals surface area contributed by atoms with E-state index in [1.54, 1.807) is 11.9 Å². The Kier molecular flexibility index (Phi) is 3.05. The summed E-state index contributed by atoms with van der Waals surface area (Å²) in [4.78, 5) is 26.8. The first-order chi connectivity index (χ1) is 8.70. The maximum absolute atomic E-state index is 12.8. The van der Waals surface area contributed by atoms with E-state index >= 15 is 0 Å². The maximum Gasteiger partial charge on any atom is 0.319 e. The lowest BCUT2D eigenvalue weighted by Gasteiger charge is -2.29. The summed E-state index contributed by atoms with van der Waals surface area (Å²) in [6.07, 6.45) is 0. The molecule has 102 valence electrons. The molecule has 1 fully saturated rings. The zero-order valence-electron chi connectivity index (χ0n) is 12.1. The molecule has 0 saturated carbocycles. The molecule has 4 nitrogen and oxygen atoms in total. The second kappa shape index (κ2) is 4.20. The van der Waals surface area contributed by atoms with Crippen molar-refractivity contribution in [2.75, 3.05) is 7.05 Å². The lowest BCUT2D eigenvalue weighted by Crippen LogP contribution is -2.51. The molecular weight excluding hydrogens is 256 g/mol. The molecule has 1 aliphatic heterocycles. The SMILES string of the molecule is CN1C(=O)N([Si](C)(C)C)C(=O)C1(C)c1ccccc1. The van der Waals surface area contributed by atoms with Gasteiger partial charge in [-0.3, -0.25) is 9.36 Å². The van der Waals surface area contributed by atoms with Crippen molar-refractivity contribution in [3.63, 3.8) is 0 Å². The third-order valence-corrected chi connectivity index (χ3v) is 5.51. The fraction of sp³-hybridized carbons (Fsp3) is 0.429. The van der Waals surface area contributed by atoms with Crippen molar-refractivity contribution in [3.8, 4) is 0 Å². The summed E-state index contributed by atoms with van der Waals surface area (Å²) in [6.45, 7) is 7.84. The Labute approximate surface area is 115 Å². The van der Waals surface area contributed by atoms with Crippen LogP contribution < -0.4 is 0 Å². The molecule has 1 unspecified atom stereocenters. The van der Waals surface area contributed by atoms with Gasteiger partial charge >= 0.3 is 6.03 Å². The highest BCUT2D eigenvalue weighted by atomic mass is 28.3. The molecule has 1 aliphatic rings. The van der Waals surface area contributed by atoms with Crippen molar-refractivity contribution < 1.29 is 9.59 Å². The molecule has 3 amide bonds. The molecule has 0 spiro atoms. The van der Waals surface area contributed by atoms with Crippen molar-refractivity contribution in [1.82, 2.24) is 9.47 Å². The molecule has 0 radical (unpaired) electrons. The second-order valence-corrected chi connectivity index (χ2v) is 10.9. The number of nitrogens with zero attached hydrogens (tertiary/aromatic N) is 2. The van der Waals surface area contributed by atoms with Gasteiger partial charge < -0.3 is 4.90 Å². The van der Waals surface area contributed by atoms with Gasteiger partial charge in [0.25, 0.3) is 5.91 Å². The summed E-state index contributed by atoms with van der Waals surface area (Å²) >= 11 is 0. The van der Waals surface area contributed by atoms with Crippen LogP contribution in [0.25, 0.3) is 0 Å². The summed E-state index contributed by atoms with van der Waals surface area (Å²) in [5.41, 5.74) is -0.0323. The summed E-state index contributed by atoms with van der Waals surface area (Å²) in [5.74, 6) is -0.106. The first-order valence-corrected chi connectivity index (χ1v) is 9.83. The Morgan fingerprint density at radius 2 is 1.58 bits per heavy atom. The van der Waals surface area contributed by atoms with E-state index in [2.05, 4.69) is 0 Å². The average Bonchev–Trinajstić information content (AvgIpc) is 2.52. The third kappa shape index (κ3) is 1.88. The van der Waals surface area contributed by atoms with Crippen molar-refractivity contribution in [3.05, 3.63) is 35.9 Å². The van der Waals surface area contributed by atoms with E-state index in [1.807, 2.05) is 56.9 Å². The van der Waals surface area contributed by atoms with E-state index in [-0.39, 0.29) is 11.9 Å². The lowest BCUT2D eigenvalue weighted by molar-refractivity contribution is -0.130. The van der Waals surface area contributed by atoms with Crippen molar-refractivity contribution in [2.24, 2.45) is 0 Å². The maximum atomic E-state index is 12.8. The summed E-state index contributed by atoms with van der Waals surface area (Å²) in [5, 5.41) is 0. The predicted molar refractivity (Wildman–Crippen MR) is 77.1 cm³/mol. The topological polar surface area (TPSA) is 40.6 Å². The number of carbonyl (C=O) groups is 2. The molecule has 5 heteroatoms. The second-order valence-electron chi connectivity index (χ2n) is 6.09. The predicted octanol–water partition coefficient (Wildman–Crippen LogP) is 2.63. The zero-order valence-corrected chi connectivity index (χ0v) is 13.1. The van der Waals surface area contributed by atoms with Crippen LogP contribution in [-0.4, -0.2) is 36.7 Å².